The van der Waals surface area contributed by atoms with Crippen molar-refractivity contribution in [2.45, 2.75) is 6.54 Å². The van der Waals surface area contributed by atoms with E-state index in [4.69, 9.17) is 22.7 Å². The molecule has 0 aromatic heterocycles. The van der Waals surface area contributed by atoms with E-state index in [2.05, 4.69) is 34.1 Å². The number of para-hydroxylation sites is 2. The first-order chi connectivity index (χ1) is 11.7. The molecule has 0 aliphatic carbocycles. The molecule has 2 N–H and O–H groups in total. The van der Waals surface area contributed by atoms with Crippen molar-refractivity contribution >= 4 is 22.9 Å². The van der Waals surface area contributed by atoms with Gasteiger partial charge in [-0.15, -0.1) is 0 Å². The molecule has 0 saturated carbocycles. The Morgan fingerprint density at radius 3 is 2.33 bits per heavy atom. The Balaban J connectivity index is 1.58. The quantitative estimate of drug-likeness (QED) is 0.847. The third-order valence-corrected chi connectivity index (χ3v) is 4.68. The van der Waals surface area contributed by atoms with Gasteiger partial charge in [-0.1, -0.05) is 48.6 Å². The first-order valence-electron chi connectivity index (χ1n) is 8.16. The minimum absolute atomic E-state index is 0.451. The summed E-state index contributed by atoms with van der Waals surface area (Å²) in [5.41, 5.74) is 9.05. The molecule has 2 aromatic rings. The highest BCUT2D eigenvalue weighted by atomic mass is 32.1. The maximum atomic E-state index is 5.65. The number of thiocarbonyl (C=S) groups is 1. The van der Waals surface area contributed by atoms with Crippen LogP contribution in [0.1, 0.15) is 11.1 Å². The van der Waals surface area contributed by atoms with Gasteiger partial charge in [-0.25, -0.2) is 0 Å². The van der Waals surface area contributed by atoms with Crippen LogP contribution in [-0.4, -0.2) is 43.2 Å². The highest BCUT2D eigenvalue weighted by molar-refractivity contribution is 7.80. The van der Waals surface area contributed by atoms with Crippen molar-refractivity contribution in [2.24, 2.45) is 5.73 Å². The Kier molecular flexibility index (Phi) is 5.33. The maximum Gasteiger partial charge on any atom is 0.142 e. The molecule has 126 valence electrons. The number of piperazine rings is 1. The van der Waals surface area contributed by atoms with Crippen molar-refractivity contribution in [3.05, 3.63) is 59.7 Å². The van der Waals surface area contributed by atoms with E-state index in [0.717, 1.165) is 44.0 Å². The second-order valence-corrected chi connectivity index (χ2v) is 6.44. The summed E-state index contributed by atoms with van der Waals surface area (Å²) in [6, 6.07) is 16.4. The number of nitrogens with zero attached hydrogens (tertiary/aromatic N) is 2. The Labute approximate surface area is 148 Å². The van der Waals surface area contributed by atoms with E-state index in [9.17, 15) is 0 Å². The fourth-order valence-corrected chi connectivity index (χ4v) is 3.21. The van der Waals surface area contributed by atoms with E-state index in [-0.39, 0.29) is 0 Å². The Morgan fingerprint density at radius 1 is 1.04 bits per heavy atom. The second-order valence-electron chi connectivity index (χ2n) is 6.00. The van der Waals surface area contributed by atoms with Crippen LogP contribution in [0, 0.1) is 0 Å². The summed E-state index contributed by atoms with van der Waals surface area (Å²) < 4.78 is 5.48. The molecule has 2 aromatic carbocycles. The normalized spacial score (nSPS) is 15.3. The minimum atomic E-state index is 0.451. The predicted molar refractivity (Wildman–Crippen MR) is 103 cm³/mol. The number of benzene rings is 2. The van der Waals surface area contributed by atoms with E-state index in [1.54, 1.807) is 7.11 Å². The largest absolute Gasteiger partial charge is 0.495 e. The number of ether oxygens (including phenoxy) is 1. The van der Waals surface area contributed by atoms with Crippen LogP contribution in [0.5, 0.6) is 5.75 Å². The molecule has 0 bridgehead atoms. The molecule has 1 saturated heterocycles. The van der Waals surface area contributed by atoms with Gasteiger partial charge < -0.3 is 15.4 Å². The molecule has 5 heteroatoms. The second kappa shape index (κ2) is 7.64. The van der Waals surface area contributed by atoms with Gasteiger partial charge in [-0.05, 0) is 17.7 Å². The van der Waals surface area contributed by atoms with E-state index in [1.807, 2.05) is 24.3 Å². The fraction of sp³-hybridized carbons (Fsp3) is 0.316. The third kappa shape index (κ3) is 3.86. The molecule has 0 atom stereocenters. The van der Waals surface area contributed by atoms with Gasteiger partial charge in [0.2, 0.25) is 0 Å². The molecule has 1 fully saturated rings. The highest BCUT2D eigenvalue weighted by Crippen LogP contribution is 2.28. The molecular weight excluding hydrogens is 318 g/mol. The van der Waals surface area contributed by atoms with Crippen molar-refractivity contribution in [1.29, 1.82) is 0 Å². The molecular formula is C19H23N3OS. The summed E-state index contributed by atoms with van der Waals surface area (Å²) >= 11 is 5.00. The van der Waals surface area contributed by atoms with Crippen LogP contribution in [-0.2, 0) is 6.54 Å². The van der Waals surface area contributed by atoms with Gasteiger partial charge in [0.1, 0.15) is 10.7 Å². The van der Waals surface area contributed by atoms with Gasteiger partial charge in [0, 0.05) is 38.3 Å². The van der Waals surface area contributed by atoms with Crippen LogP contribution in [0.2, 0.25) is 0 Å². The van der Waals surface area contributed by atoms with Gasteiger partial charge in [0.05, 0.1) is 12.8 Å². The zero-order chi connectivity index (χ0) is 16.9. The number of methoxy groups -OCH3 is 1. The zero-order valence-electron chi connectivity index (χ0n) is 13.9. The van der Waals surface area contributed by atoms with Crippen molar-refractivity contribution < 1.29 is 4.74 Å². The minimum Gasteiger partial charge on any atom is -0.495 e. The lowest BCUT2D eigenvalue weighted by Crippen LogP contribution is -2.46. The summed E-state index contributed by atoms with van der Waals surface area (Å²) in [5.74, 6) is 0.944. The average Bonchev–Trinajstić information content (AvgIpc) is 2.63. The number of nitrogens with two attached hydrogens (primary N) is 1. The maximum absolute atomic E-state index is 5.65. The lowest BCUT2D eigenvalue weighted by molar-refractivity contribution is 0.249. The van der Waals surface area contributed by atoms with E-state index in [1.165, 1.54) is 11.3 Å². The number of hydrogen-bond acceptors (Lipinski definition) is 4. The molecule has 0 amide bonds. The molecule has 0 unspecified atom stereocenters. The highest BCUT2D eigenvalue weighted by Gasteiger charge is 2.19. The Bertz CT molecular complexity index is 694. The number of rotatable bonds is 5. The van der Waals surface area contributed by atoms with Gasteiger partial charge in [-0.3, -0.25) is 4.90 Å². The first kappa shape index (κ1) is 16.7. The van der Waals surface area contributed by atoms with Gasteiger partial charge >= 0.3 is 0 Å². The Morgan fingerprint density at radius 2 is 1.71 bits per heavy atom. The van der Waals surface area contributed by atoms with Gasteiger partial charge in [0.25, 0.3) is 0 Å². The molecule has 0 radical (unpaired) electrons. The molecule has 1 aliphatic rings. The standard InChI is InChI=1S/C19H23N3OS/c1-23-18-5-3-2-4-17(18)22-12-10-21(11-13-22)14-15-6-8-16(9-7-15)19(20)24/h2-9H,10-14H2,1H3,(H2,20,24). The SMILES string of the molecule is COc1ccccc1N1CCN(Cc2ccc(C(N)=S)cc2)CC1. The summed E-state index contributed by atoms with van der Waals surface area (Å²) in [5, 5.41) is 0. The molecule has 1 aliphatic heterocycles. The van der Waals surface area contributed by atoms with Crippen LogP contribution < -0.4 is 15.4 Å². The third-order valence-electron chi connectivity index (χ3n) is 4.44. The molecule has 3 rings (SSSR count). The molecule has 4 nitrogen and oxygen atoms in total. The van der Waals surface area contributed by atoms with Crippen LogP contribution in [0.4, 0.5) is 5.69 Å². The zero-order valence-corrected chi connectivity index (χ0v) is 14.8. The molecule has 0 spiro atoms. The Hall–Kier alpha value is -2.11. The van der Waals surface area contributed by atoms with Crippen LogP contribution in [0.25, 0.3) is 0 Å². The van der Waals surface area contributed by atoms with Crippen molar-refractivity contribution in [2.75, 3.05) is 38.2 Å². The number of anilines is 1. The molecule has 1 heterocycles. The van der Waals surface area contributed by atoms with Crippen LogP contribution >= 0.6 is 12.2 Å². The van der Waals surface area contributed by atoms with Crippen molar-refractivity contribution in [3.8, 4) is 5.75 Å². The van der Waals surface area contributed by atoms with Gasteiger partial charge in [-0.2, -0.15) is 0 Å². The predicted octanol–water partition coefficient (Wildman–Crippen LogP) is 2.65. The fourth-order valence-electron chi connectivity index (χ4n) is 3.07. The topological polar surface area (TPSA) is 41.7 Å². The first-order valence-corrected chi connectivity index (χ1v) is 8.57. The summed E-state index contributed by atoms with van der Waals surface area (Å²) in [7, 11) is 1.73. The van der Waals surface area contributed by atoms with E-state index < -0.39 is 0 Å². The van der Waals surface area contributed by atoms with Crippen LogP contribution in [0.15, 0.2) is 48.5 Å². The van der Waals surface area contributed by atoms with Crippen molar-refractivity contribution in [3.63, 3.8) is 0 Å². The van der Waals surface area contributed by atoms with Crippen LogP contribution in [0.3, 0.4) is 0 Å². The lowest BCUT2D eigenvalue weighted by Gasteiger charge is -2.36. The average molecular weight is 341 g/mol. The number of hydrogen-bond donors (Lipinski definition) is 1. The monoisotopic (exact) mass is 341 g/mol. The van der Waals surface area contributed by atoms with Gasteiger partial charge in [0.15, 0.2) is 0 Å². The lowest BCUT2D eigenvalue weighted by atomic mass is 10.1. The summed E-state index contributed by atoms with van der Waals surface area (Å²) in [6.07, 6.45) is 0. The molecule has 24 heavy (non-hydrogen) atoms. The smallest absolute Gasteiger partial charge is 0.142 e. The van der Waals surface area contributed by atoms with E-state index >= 15 is 0 Å². The van der Waals surface area contributed by atoms with Crippen molar-refractivity contribution in [1.82, 2.24) is 4.90 Å². The van der Waals surface area contributed by atoms with E-state index in [0.29, 0.717) is 4.99 Å². The summed E-state index contributed by atoms with van der Waals surface area (Å²) in [4.78, 5) is 5.32. The summed E-state index contributed by atoms with van der Waals surface area (Å²) in [6.45, 7) is 5.04.